The predicted molar refractivity (Wildman–Crippen MR) is 91.3 cm³/mol. The molecule has 0 saturated carbocycles. The first-order chi connectivity index (χ1) is 10.1. The molecule has 21 heavy (non-hydrogen) atoms. The minimum Gasteiger partial charge on any atom is -0.355 e. The average Bonchev–Trinajstić information content (AvgIpc) is 2.46. The second kappa shape index (κ2) is 10.6. The van der Waals surface area contributed by atoms with Crippen molar-refractivity contribution in [2.24, 2.45) is 0 Å². The molecule has 0 unspecified atom stereocenters. The molecule has 0 atom stereocenters. The number of nitrogens with zero attached hydrogens (tertiary/aromatic N) is 2. The quantitative estimate of drug-likeness (QED) is 0.557. The smallest absolute Gasteiger partial charge is 0.224 e. The predicted octanol–water partition coefficient (Wildman–Crippen LogP) is 2.16. The molecule has 0 aliphatic rings. The molecule has 0 saturated heterocycles. The number of nitriles is 1. The molecule has 1 aromatic carbocycles. The van der Waals surface area contributed by atoms with Crippen LogP contribution >= 0.6 is 21.6 Å². The van der Waals surface area contributed by atoms with Crippen LogP contribution in [0.3, 0.4) is 0 Å². The van der Waals surface area contributed by atoms with Gasteiger partial charge in [-0.2, -0.15) is 5.26 Å². The van der Waals surface area contributed by atoms with E-state index in [1.54, 1.807) is 22.9 Å². The van der Waals surface area contributed by atoms with E-state index in [1.807, 2.05) is 22.9 Å². The van der Waals surface area contributed by atoms with Crippen molar-refractivity contribution in [2.75, 3.05) is 38.7 Å². The van der Waals surface area contributed by atoms with Gasteiger partial charge >= 0.3 is 0 Å². The lowest BCUT2D eigenvalue weighted by Gasteiger charge is -2.08. The highest BCUT2D eigenvalue weighted by Gasteiger charge is 2.03. The summed E-state index contributed by atoms with van der Waals surface area (Å²) in [6.07, 6.45) is 0.365. The molecular formula is C15H21N3OS2. The number of hydrogen-bond acceptors (Lipinski definition) is 5. The highest BCUT2D eigenvalue weighted by atomic mass is 33.1. The number of benzene rings is 1. The van der Waals surface area contributed by atoms with Crippen molar-refractivity contribution in [3.05, 3.63) is 35.4 Å². The van der Waals surface area contributed by atoms with Crippen LogP contribution in [0.2, 0.25) is 0 Å². The van der Waals surface area contributed by atoms with E-state index < -0.39 is 0 Å². The maximum absolute atomic E-state index is 11.7. The molecule has 0 bridgehead atoms. The maximum atomic E-state index is 11.7. The Morgan fingerprint density at radius 2 is 1.90 bits per heavy atom. The molecule has 0 aliphatic heterocycles. The highest BCUT2D eigenvalue weighted by molar-refractivity contribution is 8.76. The summed E-state index contributed by atoms with van der Waals surface area (Å²) in [6, 6.07) is 9.18. The Morgan fingerprint density at radius 3 is 2.52 bits per heavy atom. The zero-order chi connectivity index (χ0) is 15.5. The van der Waals surface area contributed by atoms with Gasteiger partial charge in [0.15, 0.2) is 0 Å². The molecule has 0 aliphatic carbocycles. The van der Waals surface area contributed by atoms with Gasteiger partial charge in [-0.05, 0) is 31.8 Å². The van der Waals surface area contributed by atoms with Gasteiger partial charge in [-0.25, -0.2) is 0 Å². The Labute approximate surface area is 134 Å². The van der Waals surface area contributed by atoms with Crippen LogP contribution in [-0.2, 0) is 11.2 Å². The Hall–Kier alpha value is -1.16. The van der Waals surface area contributed by atoms with Crippen molar-refractivity contribution < 1.29 is 4.79 Å². The van der Waals surface area contributed by atoms with Crippen molar-refractivity contribution in [3.8, 4) is 6.07 Å². The lowest BCUT2D eigenvalue weighted by Crippen LogP contribution is -2.27. The van der Waals surface area contributed by atoms with Gasteiger partial charge in [0.2, 0.25) is 5.91 Å². The Balaban J connectivity index is 2.09. The first-order valence-electron chi connectivity index (χ1n) is 6.76. The van der Waals surface area contributed by atoms with Crippen LogP contribution in [0.5, 0.6) is 0 Å². The molecule has 114 valence electrons. The Morgan fingerprint density at radius 1 is 1.24 bits per heavy atom. The van der Waals surface area contributed by atoms with Gasteiger partial charge in [0.05, 0.1) is 18.1 Å². The zero-order valence-corrected chi connectivity index (χ0v) is 14.1. The highest BCUT2D eigenvalue weighted by Crippen LogP contribution is 2.19. The monoisotopic (exact) mass is 323 g/mol. The van der Waals surface area contributed by atoms with Gasteiger partial charge in [0.25, 0.3) is 0 Å². The summed E-state index contributed by atoms with van der Waals surface area (Å²) in [6.45, 7) is 1.76. The second-order valence-corrected chi connectivity index (χ2v) is 7.48. The molecule has 0 fully saturated rings. The number of carbonyl (C=O) groups excluding carboxylic acids is 1. The number of nitrogens with one attached hydrogen (secondary N) is 1. The van der Waals surface area contributed by atoms with Crippen LogP contribution in [0.1, 0.15) is 11.1 Å². The van der Waals surface area contributed by atoms with E-state index in [2.05, 4.69) is 30.4 Å². The van der Waals surface area contributed by atoms with E-state index in [0.717, 1.165) is 23.6 Å². The number of rotatable bonds is 9. The summed E-state index contributed by atoms with van der Waals surface area (Å²) in [5.41, 5.74) is 1.55. The summed E-state index contributed by atoms with van der Waals surface area (Å²) >= 11 is 0. The fourth-order valence-corrected chi connectivity index (χ4v) is 3.56. The number of carbonyl (C=O) groups is 1. The van der Waals surface area contributed by atoms with Crippen molar-refractivity contribution >= 4 is 27.5 Å². The molecular weight excluding hydrogens is 302 g/mol. The Kier molecular flexibility index (Phi) is 8.99. The van der Waals surface area contributed by atoms with Crippen molar-refractivity contribution in [3.63, 3.8) is 0 Å². The molecule has 1 rings (SSSR count). The molecule has 0 aromatic heterocycles. The van der Waals surface area contributed by atoms with Gasteiger partial charge < -0.3 is 10.2 Å². The van der Waals surface area contributed by atoms with Gasteiger partial charge in [-0.15, -0.1) is 0 Å². The van der Waals surface area contributed by atoms with Crippen molar-refractivity contribution in [2.45, 2.75) is 6.42 Å². The fraction of sp³-hybridized carbons (Fsp3) is 0.467. The topological polar surface area (TPSA) is 56.1 Å². The van der Waals surface area contributed by atoms with Crippen LogP contribution in [0, 0.1) is 11.3 Å². The molecule has 0 spiro atoms. The third kappa shape index (κ3) is 8.66. The van der Waals surface area contributed by atoms with E-state index in [9.17, 15) is 4.79 Å². The SMILES string of the molecule is CN(C)CCSSCCNC(=O)Cc1ccc(C#N)cc1. The molecule has 1 aromatic rings. The summed E-state index contributed by atoms with van der Waals surface area (Å²) in [5.74, 6) is 2.03. The normalized spacial score (nSPS) is 10.4. The van der Waals surface area contributed by atoms with Crippen LogP contribution in [-0.4, -0.2) is 49.5 Å². The van der Waals surface area contributed by atoms with Crippen molar-refractivity contribution in [1.82, 2.24) is 10.2 Å². The first kappa shape index (κ1) is 17.9. The van der Waals surface area contributed by atoms with E-state index in [0.29, 0.717) is 18.5 Å². The lowest BCUT2D eigenvalue weighted by molar-refractivity contribution is -0.120. The Bertz CT molecular complexity index is 469. The molecule has 0 heterocycles. The van der Waals surface area contributed by atoms with E-state index in [-0.39, 0.29) is 5.91 Å². The average molecular weight is 323 g/mol. The third-order valence-electron chi connectivity index (χ3n) is 2.66. The lowest BCUT2D eigenvalue weighted by atomic mass is 10.1. The van der Waals surface area contributed by atoms with Crippen LogP contribution < -0.4 is 5.32 Å². The summed E-state index contributed by atoms with van der Waals surface area (Å²) in [4.78, 5) is 13.9. The van der Waals surface area contributed by atoms with Crippen LogP contribution in [0.15, 0.2) is 24.3 Å². The minimum absolute atomic E-state index is 0.0265. The summed E-state index contributed by atoms with van der Waals surface area (Å²) in [7, 11) is 7.75. The maximum Gasteiger partial charge on any atom is 0.224 e. The summed E-state index contributed by atoms with van der Waals surface area (Å²) < 4.78 is 0. The first-order valence-corrected chi connectivity index (χ1v) is 9.25. The van der Waals surface area contributed by atoms with E-state index in [1.165, 1.54) is 0 Å². The standard InChI is InChI=1S/C15H21N3OS2/c1-18(2)8-10-21-20-9-7-17-15(19)11-13-3-5-14(12-16)6-4-13/h3-6H,7-11H2,1-2H3,(H,17,19). The largest absolute Gasteiger partial charge is 0.355 e. The van der Waals surface area contributed by atoms with Crippen LogP contribution in [0.4, 0.5) is 0 Å². The minimum atomic E-state index is 0.0265. The number of amides is 1. The third-order valence-corrected chi connectivity index (χ3v) is 5.05. The van der Waals surface area contributed by atoms with Gasteiger partial charge in [-0.1, -0.05) is 33.7 Å². The second-order valence-electron chi connectivity index (χ2n) is 4.78. The van der Waals surface area contributed by atoms with Gasteiger partial charge in [0, 0.05) is 24.6 Å². The van der Waals surface area contributed by atoms with E-state index >= 15 is 0 Å². The molecule has 1 amide bonds. The molecule has 1 N–H and O–H groups in total. The van der Waals surface area contributed by atoms with Gasteiger partial charge in [-0.3, -0.25) is 4.79 Å². The zero-order valence-electron chi connectivity index (χ0n) is 12.5. The molecule has 4 nitrogen and oxygen atoms in total. The summed E-state index contributed by atoms with van der Waals surface area (Å²) in [5, 5.41) is 11.6. The van der Waals surface area contributed by atoms with Gasteiger partial charge in [0.1, 0.15) is 0 Å². The molecule has 6 heteroatoms. The number of hydrogen-bond donors (Lipinski definition) is 1. The van der Waals surface area contributed by atoms with Crippen molar-refractivity contribution in [1.29, 1.82) is 5.26 Å². The molecule has 0 radical (unpaired) electrons. The van der Waals surface area contributed by atoms with Crippen LogP contribution in [0.25, 0.3) is 0 Å². The van der Waals surface area contributed by atoms with E-state index in [4.69, 9.17) is 5.26 Å². The fourth-order valence-electron chi connectivity index (χ4n) is 1.51.